The van der Waals surface area contributed by atoms with Crippen molar-refractivity contribution in [2.24, 2.45) is 0 Å². The summed E-state index contributed by atoms with van der Waals surface area (Å²) in [6, 6.07) is 3.81. The van der Waals surface area contributed by atoms with Crippen molar-refractivity contribution < 1.29 is 4.79 Å². The van der Waals surface area contributed by atoms with Crippen LogP contribution in [0, 0.1) is 0 Å². The van der Waals surface area contributed by atoms with Gasteiger partial charge in [0, 0.05) is 38.9 Å². The van der Waals surface area contributed by atoms with Crippen LogP contribution >= 0.6 is 0 Å². The Labute approximate surface area is 129 Å². The molecule has 7 heteroatoms. The van der Waals surface area contributed by atoms with E-state index in [0.29, 0.717) is 12.1 Å². The standard InChI is InChI=1S/C15H20N6O/c1-19(2)14-8-12(5-6-17-14)15(22)20-7-3-4-13(9-20)21-11-16-10-18-21/h5-6,8,10-11,13H,3-4,7,9H2,1-2H3/t13-/m1/s1. The average Bonchev–Trinajstić information content (AvgIpc) is 3.09. The molecule has 1 amide bonds. The van der Waals surface area contributed by atoms with Crippen molar-refractivity contribution in [3.63, 3.8) is 0 Å². The van der Waals surface area contributed by atoms with Crippen LogP contribution in [0.3, 0.4) is 0 Å². The lowest BCUT2D eigenvalue weighted by Gasteiger charge is -2.32. The predicted molar refractivity (Wildman–Crippen MR) is 82.8 cm³/mol. The topological polar surface area (TPSA) is 67.2 Å². The highest BCUT2D eigenvalue weighted by molar-refractivity contribution is 5.94. The van der Waals surface area contributed by atoms with Crippen molar-refractivity contribution in [1.82, 2.24) is 24.6 Å². The molecule has 3 rings (SSSR count). The number of pyridine rings is 1. The number of aromatic nitrogens is 4. The van der Waals surface area contributed by atoms with Crippen molar-refractivity contribution in [3.8, 4) is 0 Å². The van der Waals surface area contributed by atoms with E-state index >= 15 is 0 Å². The molecule has 1 saturated heterocycles. The van der Waals surface area contributed by atoms with Gasteiger partial charge in [0.2, 0.25) is 0 Å². The van der Waals surface area contributed by atoms with Gasteiger partial charge in [-0.1, -0.05) is 0 Å². The molecule has 3 heterocycles. The molecule has 2 aromatic rings. The number of anilines is 1. The van der Waals surface area contributed by atoms with Crippen molar-refractivity contribution in [1.29, 1.82) is 0 Å². The molecular weight excluding hydrogens is 280 g/mol. The molecule has 0 aliphatic carbocycles. The maximum Gasteiger partial charge on any atom is 0.254 e. The molecule has 22 heavy (non-hydrogen) atoms. The lowest BCUT2D eigenvalue weighted by molar-refractivity contribution is 0.0672. The molecule has 0 spiro atoms. The van der Waals surface area contributed by atoms with Crippen LogP contribution in [0.15, 0.2) is 31.0 Å². The Hall–Kier alpha value is -2.44. The van der Waals surface area contributed by atoms with Crippen LogP contribution in [-0.4, -0.2) is 57.7 Å². The van der Waals surface area contributed by atoms with E-state index in [1.54, 1.807) is 18.6 Å². The number of hydrogen-bond acceptors (Lipinski definition) is 5. The van der Waals surface area contributed by atoms with Gasteiger partial charge in [0.25, 0.3) is 5.91 Å². The molecule has 1 fully saturated rings. The molecule has 0 aromatic carbocycles. The van der Waals surface area contributed by atoms with E-state index in [2.05, 4.69) is 15.1 Å². The second-order valence-corrected chi connectivity index (χ2v) is 5.72. The summed E-state index contributed by atoms with van der Waals surface area (Å²) in [6.07, 6.45) is 6.93. The third-order valence-electron chi connectivity index (χ3n) is 3.95. The van der Waals surface area contributed by atoms with Gasteiger partial charge in [-0.2, -0.15) is 5.10 Å². The van der Waals surface area contributed by atoms with E-state index in [9.17, 15) is 4.79 Å². The summed E-state index contributed by atoms with van der Waals surface area (Å²) >= 11 is 0. The van der Waals surface area contributed by atoms with Gasteiger partial charge >= 0.3 is 0 Å². The Morgan fingerprint density at radius 3 is 3.00 bits per heavy atom. The number of nitrogens with zero attached hydrogens (tertiary/aromatic N) is 6. The van der Waals surface area contributed by atoms with E-state index in [1.807, 2.05) is 34.6 Å². The number of amides is 1. The molecule has 0 radical (unpaired) electrons. The summed E-state index contributed by atoms with van der Waals surface area (Å²) in [7, 11) is 3.83. The van der Waals surface area contributed by atoms with Crippen molar-refractivity contribution >= 4 is 11.7 Å². The fourth-order valence-corrected chi connectivity index (χ4v) is 2.74. The number of piperidine rings is 1. The van der Waals surface area contributed by atoms with E-state index < -0.39 is 0 Å². The molecule has 1 aliphatic rings. The molecule has 2 aromatic heterocycles. The first kappa shape index (κ1) is 14.5. The Morgan fingerprint density at radius 2 is 2.27 bits per heavy atom. The van der Waals surface area contributed by atoms with Gasteiger partial charge < -0.3 is 9.80 Å². The number of likely N-dealkylation sites (tertiary alicyclic amines) is 1. The van der Waals surface area contributed by atoms with Crippen LogP contribution in [0.25, 0.3) is 0 Å². The van der Waals surface area contributed by atoms with E-state index in [1.165, 1.54) is 6.33 Å². The van der Waals surface area contributed by atoms with Crippen molar-refractivity contribution in [2.75, 3.05) is 32.1 Å². The molecule has 1 aliphatic heterocycles. The molecule has 0 saturated carbocycles. The summed E-state index contributed by atoms with van der Waals surface area (Å²) in [5, 5.41) is 4.19. The minimum absolute atomic E-state index is 0.0512. The van der Waals surface area contributed by atoms with E-state index in [-0.39, 0.29) is 11.9 Å². The zero-order valence-corrected chi connectivity index (χ0v) is 12.9. The molecule has 0 N–H and O–H groups in total. The lowest BCUT2D eigenvalue weighted by atomic mass is 10.0. The van der Waals surface area contributed by atoms with Crippen LogP contribution in [0.2, 0.25) is 0 Å². The molecule has 0 unspecified atom stereocenters. The van der Waals surface area contributed by atoms with Gasteiger partial charge in [-0.3, -0.25) is 4.79 Å². The Morgan fingerprint density at radius 1 is 1.41 bits per heavy atom. The first-order valence-electron chi connectivity index (χ1n) is 7.42. The highest BCUT2D eigenvalue weighted by Crippen LogP contribution is 2.22. The van der Waals surface area contributed by atoms with Crippen LogP contribution in [0.1, 0.15) is 29.2 Å². The van der Waals surface area contributed by atoms with Crippen molar-refractivity contribution in [2.45, 2.75) is 18.9 Å². The number of hydrogen-bond donors (Lipinski definition) is 0. The van der Waals surface area contributed by atoms with Gasteiger partial charge in [-0.15, -0.1) is 0 Å². The predicted octanol–water partition coefficient (Wildman–Crippen LogP) is 1.22. The van der Waals surface area contributed by atoms with Crippen LogP contribution in [-0.2, 0) is 0 Å². The summed E-state index contributed by atoms with van der Waals surface area (Å²) in [4.78, 5) is 24.8. The monoisotopic (exact) mass is 300 g/mol. The van der Waals surface area contributed by atoms with Gasteiger partial charge in [0.05, 0.1) is 6.04 Å². The minimum Gasteiger partial charge on any atom is -0.363 e. The van der Waals surface area contributed by atoms with Crippen LogP contribution in [0.4, 0.5) is 5.82 Å². The first-order chi connectivity index (χ1) is 10.6. The third-order valence-corrected chi connectivity index (χ3v) is 3.95. The Balaban J connectivity index is 1.75. The average molecular weight is 300 g/mol. The second kappa shape index (κ2) is 6.13. The quantitative estimate of drug-likeness (QED) is 0.852. The molecule has 116 valence electrons. The summed E-state index contributed by atoms with van der Waals surface area (Å²) in [6.45, 7) is 1.45. The smallest absolute Gasteiger partial charge is 0.254 e. The normalized spacial score (nSPS) is 18.3. The zero-order valence-electron chi connectivity index (χ0n) is 12.9. The summed E-state index contributed by atoms with van der Waals surface area (Å²) in [5.74, 6) is 0.839. The van der Waals surface area contributed by atoms with Gasteiger partial charge in [-0.05, 0) is 25.0 Å². The molecule has 1 atom stereocenters. The van der Waals surface area contributed by atoms with Gasteiger partial charge in [-0.25, -0.2) is 14.6 Å². The van der Waals surface area contributed by atoms with E-state index in [0.717, 1.165) is 25.2 Å². The maximum absolute atomic E-state index is 12.7. The maximum atomic E-state index is 12.7. The Kier molecular flexibility index (Phi) is 4.04. The number of carbonyl (C=O) groups is 1. The Bertz CT molecular complexity index is 639. The van der Waals surface area contributed by atoms with E-state index in [4.69, 9.17) is 0 Å². The fraction of sp³-hybridized carbons (Fsp3) is 0.467. The number of rotatable bonds is 3. The van der Waals surface area contributed by atoms with Gasteiger partial charge in [0.1, 0.15) is 18.5 Å². The largest absolute Gasteiger partial charge is 0.363 e. The second-order valence-electron chi connectivity index (χ2n) is 5.72. The van der Waals surface area contributed by atoms with Crippen LogP contribution in [0.5, 0.6) is 0 Å². The third kappa shape index (κ3) is 2.93. The summed E-state index contributed by atoms with van der Waals surface area (Å²) in [5.41, 5.74) is 0.679. The lowest BCUT2D eigenvalue weighted by Crippen LogP contribution is -2.40. The minimum atomic E-state index is 0.0512. The van der Waals surface area contributed by atoms with Gasteiger partial charge in [0.15, 0.2) is 0 Å². The summed E-state index contributed by atoms with van der Waals surface area (Å²) < 4.78 is 1.84. The molecule has 7 nitrogen and oxygen atoms in total. The highest BCUT2D eigenvalue weighted by Gasteiger charge is 2.26. The fourth-order valence-electron chi connectivity index (χ4n) is 2.74. The number of carbonyl (C=O) groups excluding carboxylic acids is 1. The zero-order chi connectivity index (χ0) is 15.5. The first-order valence-corrected chi connectivity index (χ1v) is 7.42. The molecular formula is C15H20N6O. The van der Waals surface area contributed by atoms with Crippen LogP contribution < -0.4 is 4.90 Å². The highest BCUT2D eigenvalue weighted by atomic mass is 16.2. The van der Waals surface area contributed by atoms with Crippen molar-refractivity contribution in [3.05, 3.63) is 36.5 Å². The SMILES string of the molecule is CN(C)c1cc(C(=O)N2CCC[C@@H](n3cncn3)C2)ccn1. The molecule has 0 bridgehead atoms.